The van der Waals surface area contributed by atoms with Crippen molar-refractivity contribution < 1.29 is 14.6 Å². The summed E-state index contributed by atoms with van der Waals surface area (Å²) >= 11 is 1.37. The molecule has 0 aliphatic rings. The molecule has 0 bridgehead atoms. The lowest BCUT2D eigenvalue weighted by Gasteiger charge is -2.08. The van der Waals surface area contributed by atoms with Crippen LogP contribution in [-0.4, -0.2) is 35.2 Å². The summed E-state index contributed by atoms with van der Waals surface area (Å²) in [5, 5.41) is 10.6. The minimum Gasteiger partial charge on any atom is -0.507 e. The van der Waals surface area contributed by atoms with Crippen LogP contribution >= 0.6 is 11.3 Å². The van der Waals surface area contributed by atoms with Crippen LogP contribution < -0.4 is 4.74 Å². The van der Waals surface area contributed by atoms with Gasteiger partial charge in [-0.15, -0.1) is 11.3 Å². The van der Waals surface area contributed by atoms with Crippen molar-refractivity contribution in [3.8, 4) is 22.1 Å². The number of aromatic nitrogens is 1. The van der Waals surface area contributed by atoms with Gasteiger partial charge in [0, 0.05) is 6.21 Å². The number of aliphatic imine (C=N–C) groups is 1. The van der Waals surface area contributed by atoms with Crippen LogP contribution in [0.2, 0.25) is 0 Å². The van der Waals surface area contributed by atoms with Gasteiger partial charge in [0.05, 0.1) is 22.7 Å². The Bertz CT molecular complexity index is 1060. The van der Waals surface area contributed by atoms with Crippen LogP contribution in [0.3, 0.4) is 0 Å². The number of hydrogen-bond donors (Lipinski definition) is 1. The average Bonchev–Trinajstić information content (AvgIpc) is 3.12. The number of carbonyl (C=O) groups is 1. The van der Waals surface area contributed by atoms with Crippen molar-refractivity contribution in [3.63, 3.8) is 0 Å². The molecule has 1 heterocycles. The number of ether oxygens (including phenoxy) is 1. The zero-order valence-electron chi connectivity index (χ0n) is 17.7. The largest absolute Gasteiger partial charge is 0.507 e. The summed E-state index contributed by atoms with van der Waals surface area (Å²) in [4.78, 5) is 22.3. The molecular formula is C24H26N2O3S. The van der Waals surface area contributed by atoms with E-state index in [0.29, 0.717) is 22.9 Å². The normalized spacial score (nSPS) is 11.2. The molecular weight excluding hydrogens is 396 g/mol. The molecule has 0 fully saturated rings. The first-order chi connectivity index (χ1) is 14.4. The van der Waals surface area contributed by atoms with Crippen molar-refractivity contribution in [2.75, 3.05) is 13.2 Å². The lowest BCUT2D eigenvalue weighted by atomic mass is 10.1. The number of aromatic hydroxyl groups is 1. The molecule has 5 nitrogen and oxygen atoms in total. The Morgan fingerprint density at radius 2 is 1.90 bits per heavy atom. The van der Waals surface area contributed by atoms with Crippen LogP contribution in [0.25, 0.3) is 10.6 Å². The molecule has 0 spiro atoms. The van der Waals surface area contributed by atoms with Gasteiger partial charge in [-0.2, -0.15) is 0 Å². The number of rotatable bonds is 8. The third-order valence-electron chi connectivity index (χ3n) is 4.62. The van der Waals surface area contributed by atoms with Gasteiger partial charge in [0.15, 0.2) is 5.78 Å². The molecule has 0 unspecified atom stereocenters. The van der Waals surface area contributed by atoms with Gasteiger partial charge in [0.2, 0.25) is 0 Å². The van der Waals surface area contributed by atoms with E-state index in [2.05, 4.69) is 16.9 Å². The molecule has 156 valence electrons. The molecule has 3 aromatic rings. The topological polar surface area (TPSA) is 71.8 Å². The SMILES string of the molecule is CCCOc1ccccc1-c1nc(C)c(C(=O)CN=Cc2cc(C)c(O)c(C)c2)s1. The lowest BCUT2D eigenvalue weighted by molar-refractivity contribution is 0.100. The molecule has 6 heteroatoms. The monoisotopic (exact) mass is 422 g/mol. The molecule has 3 rings (SSSR count). The number of Topliss-reactive ketones (excluding diaryl/α,β-unsaturated/α-hetero) is 1. The third kappa shape index (κ3) is 4.94. The fraction of sp³-hybridized carbons (Fsp3) is 0.292. The summed E-state index contributed by atoms with van der Waals surface area (Å²) in [6.45, 7) is 8.28. The number of carbonyl (C=O) groups excluding carboxylic acids is 1. The second kappa shape index (κ2) is 9.67. The minimum atomic E-state index is -0.0633. The number of thiazole rings is 1. The van der Waals surface area contributed by atoms with Crippen molar-refractivity contribution in [2.45, 2.75) is 34.1 Å². The quantitative estimate of drug-likeness (QED) is 0.383. The fourth-order valence-corrected chi connectivity index (χ4v) is 4.15. The second-order valence-corrected chi connectivity index (χ2v) is 8.17. The molecule has 0 amide bonds. The van der Waals surface area contributed by atoms with Crippen molar-refractivity contribution in [1.29, 1.82) is 0 Å². The summed E-state index contributed by atoms with van der Waals surface area (Å²) < 4.78 is 5.83. The second-order valence-electron chi connectivity index (χ2n) is 7.17. The molecule has 30 heavy (non-hydrogen) atoms. The van der Waals surface area contributed by atoms with Crippen LogP contribution in [-0.2, 0) is 0 Å². The van der Waals surface area contributed by atoms with E-state index in [-0.39, 0.29) is 12.3 Å². The number of phenols is 1. The van der Waals surface area contributed by atoms with Crippen LogP contribution in [0.15, 0.2) is 41.4 Å². The molecule has 0 aliphatic carbocycles. The summed E-state index contributed by atoms with van der Waals surface area (Å²) in [5.41, 5.74) is 4.04. The lowest BCUT2D eigenvalue weighted by Crippen LogP contribution is -2.03. The van der Waals surface area contributed by atoms with Gasteiger partial charge >= 0.3 is 0 Å². The zero-order valence-corrected chi connectivity index (χ0v) is 18.5. The number of aryl methyl sites for hydroxylation is 3. The van der Waals surface area contributed by atoms with Crippen molar-refractivity contribution in [1.82, 2.24) is 4.98 Å². The van der Waals surface area contributed by atoms with Gasteiger partial charge < -0.3 is 9.84 Å². The minimum absolute atomic E-state index is 0.0510. The van der Waals surface area contributed by atoms with Crippen LogP contribution in [0, 0.1) is 20.8 Å². The molecule has 0 saturated heterocycles. The van der Waals surface area contributed by atoms with Gasteiger partial charge in [-0.05, 0) is 68.1 Å². The first-order valence-corrected chi connectivity index (χ1v) is 10.7. The van der Waals surface area contributed by atoms with E-state index in [0.717, 1.165) is 39.4 Å². The summed E-state index contributed by atoms with van der Waals surface area (Å²) in [6.07, 6.45) is 2.59. The predicted octanol–water partition coefficient (Wildman–Crippen LogP) is 5.53. The average molecular weight is 423 g/mol. The Balaban J connectivity index is 1.76. The number of para-hydroxylation sites is 1. The highest BCUT2D eigenvalue weighted by molar-refractivity contribution is 7.17. The number of benzene rings is 2. The van der Waals surface area contributed by atoms with E-state index in [1.54, 1.807) is 6.21 Å². The summed E-state index contributed by atoms with van der Waals surface area (Å²) in [7, 11) is 0. The fourth-order valence-electron chi connectivity index (χ4n) is 3.12. The van der Waals surface area contributed by atoms with Crippen molar-refractivity contribution >= 4 is 23.3 Å². The Morgan fingerprint density at radius 3 is 2.60 bits per heavy atom. The molecule has 0 aliphatic heterocycles. The van der Waals surface area contributed by atoms with E-state index >= 15 is 0 Å². The Kier molecular flexibility index (Phi) is 7.00. The van der Waals surface area contributed by atoms with Gasteiger partial charge in [0.1, 0.15) is 23.1 Å². The molecule has 0 saturated carbocycles. The summed E-state index contributed by atoms with van der Waals surface area (Å²) in [5.74, 6) is 1.01. The maximum Gasteiger partial charge on any atom is 0.196 e. The standard InChI is InChI=1S/C24H26N2O3S/c1-5-10-29-21-9-7-6-8-19(21)24-26-17(4)23(30-24)20(27)14-25-13-18-11-15(2)22(28)16(3)12-18/h6-9,11-13,28H,5,10,14H2,1-4H3. The smallest absolute Gasteiger partial charge is 0.196 e. The number of nitrogens with zero attached hydrogens (tertiary/aromatic N) is 2. The maximum atomic E-state index is 12.7. The molecule has 1 aromatic heterocycles. The van der Waals surface area contributed by atoms with Crippen molar-refractivity contribution in [3.05, 3.63) is 63.7 Å². The third-order valence-corrected chi connectivity index (χ3v) is 5.85. The first kappa shape index (κ1) is 21.7. The highest BCUT2D eigenvalue weighted by Crippen LogP contribution is 2.34. The maximum absolute atomic E-state index is 12.7. The van der Waals surface area contributed by atoms with Crippen molar-refractivity contribution in [2.24, 2.45) is 4.99 Å². The van der Waals surface area contributed by atoms with Crippen LogP contribution in [0.1, 0.15) is 45.4 Å². The molecule has 0 atom stereocenters. The van der Waals surface area contributed by atoms with Gasteiger partial charge in [-0.1, -0.05) is 19.1 Å². The van der Waals surface area contributed by atoms with E-state index in [4.69, 9.17) is 4.74 Å². The zero-order chi connectivity index (χ0) is 21.7. The number of hydrogen-bond acceptors (Lipinski definition) is 6. The van der Waals surface area contributed by atoms with E-state index < -0.39 is 0 Å². The number of phenolic OH excluding ortho intramolecular Hbond substituents is 1. The highest BCUT2D eigenvalue weighted by Gasteiger charge is 2.18. The Labute approximate surface area is 181 Å². The molecule has 1 N–H and O–H groups in total. The van der Waals surface area contributed by atoms with Gasteiger partial charge in [0.25, 0.3) is 0 Å². The van der Waals surface area contributed by atoms with Crippen LogP contribution in [0.5, 0.6) is 11.5 Å². The summed E-state index contributed by atoms with van der Waals surface area (Å²) in [6, 6.07) is 11.5. The van der Waals surface area contributed by atoms with E-state index in [9.17, 15) is 9.90 Å². The number of ketones is 1. The van der Waals surface area contributed by atoms with E-state index in [1.807, 2.05) is 57.2 Å². The molecule has 0 radical (unpaired) electrons. The Morgan fingerprint density at radius 1 is 1.20 bits per heavy atom. The predicted molar refractivity (Wildman–Crippen MR) is 122 cm³/mol. The van der Waals surface area contributed by atoms with Gasteiger partial charge in [-0.25, -0.2) is 4.98 Å². The van der Waals surface area contributed by atoms with E-state index in [1.165, 1.54) is 11.3 Å². The van der Waals surface area contributed by atoms with Gasteiger partial charge in [-0.3, -0.25) is 9.79 Å². The van der Waals surface area contributed by atoms with Crippen LogP contribution in [0.4, 0.5) is 0 Å². The Hall–Kier alpha value is -2.99. The molecule has 2 aromatic carbocycles. The first-order valence-electron chi connectivity index (χ1n) is 9.93. The highest BCUT2D eigenvalue weighted by atomic mass is 32.1.